The van der Waals surface area contributed by atoms with Gasteiger partial charge in [-0.15, -0.1) is 10.2 Å². The first-order valence-electron chi connectivity index (χ1n) is 9.42. The average Bonchev–Trinajstić information content (AvgIpc) is 3.17. The van der Waals surface area contributed by atoms with Gasteiger partial charge in [-0.2, -0.15) is 0 Å². The molecule has 0 unspecified atom stereocenters. The van der Waals surface area contributed by atoms with Crippen LogP contribution < -0.4 is 16.0 Å². The highest BCUT2D eigenvalue weighted by atomic mass is 19.1. The normalized spacial score (nSPS) is 19.2. The van der Waals surface area contributed by atoms with E-state index in [9.17, 15) is 9.18 Å². The molecule has 0 atom stereocenters. The van der Waals surface area contributed by atoms with Crippen molar-refractivity contribution in [3.63, 3.8) is 0 Å². The van der Waals surface area contributed by atoms with Crippen LogP contribution in [0.4, 0.5) is 4.39 Å². The zero-order chi connectivity index (χ0) is 20.4. The minimum atomic E-state index is -0.483. The molecule has 9 heteroatoms. The van der Waals surface area contributed by atoms with Gasteiger partial charge in [0.1, 0.15) is 17.2 Å². The summed E-state index contributed by atoms with van der Waals surface area (Å²) in [6, 6.07) is 6.08. The predicted molar refractivity (Wildman–Crippen MR) is 105 cm³/mol. The average molecular weight is 396 g/mol. The Morgan fingerprint density at radius 1 is 1.21 bits per heavy atom. The van der Waals surface area contributed by atoms with Crippen LogP contribution in [0.25, 0.3) is 17.0 Å². The third-order valence-electron chi connectivity index (χ3n) is 4.95. The van der Waals surface area contributed by atoms with Crippen LogP contribution in [0.5, 0.6) is 0 Å². The molecule has 1 amide bonds. The molecule has 0 bridgehead atoms. The highest BCUT2D eigenvalue weighted by Crippen LogP contribution is 2.27. The van der Waals surface area contributed by atoms with Gasteiger partial charge in [0.25, 0.3) is 17.7 Å². The molecule has 3 heterocycles. The Morgan fingerprint density at radius 3 is 2.69 bits per heavy atom. The number of allylic oxidation sites excluding steroid dienone is 2. The smallest absolute Gasteiger partial charge is 0.253 e. The van der Waals surface area contributed by atoms with Gasteiger partial charge in [-0.05, 0) is 45.0 Å². The van der Waals surface area contributed by atoms with Crippen LogP contribution in [0.1, 0.15) is 25.7 Å². The molecule has 0 aliphatic carbocycles. The van der Waals surface area contributed by atoms with Crippen LogP contribution in [0.2, 0.25) is 0 Å². The number of hydrogen-bond donors (Lipinski definition) is 4. The minimum Gasteiger partial charge on any atom is -0.416 e. The van der Waals surface area contributed by atoms with E-state index < -0.39 is 5.82 Å². The molecule has 2 aliphatic heterocycles. The second-order valence-corrected chi connectivity index (χ2v) is 7.01. The number of benzene rings is 1. The maximum absolute atomic E-state index is 14.0. The lowest BCUT2D eigenvalue weighted by Gasteiger charge is -2.30. The molecular weight excluding hydrogens is 375 g/mol. The van der Waals surface area contributed by atoms with Gasteiger partial charge < -0.3 is 25.8 Å². The maximum atomic E-state index is 14.0. The molecule has 4 N–H and O–H groups in total. The number of aromatic nitrogens is 2. The number of nitrogens with one attached hydrogen (secondary N) is 4. The summed E-state index contributed by atoms with van der Waals surface area (Å²) in [4.78, 5) is 12.3. The molecule has 0 radical (unpaired) electrons. The van der Waals surface area contributed by atoms with Crippen molar-refractivity contribution in [2.45, 2.75) is 19.8 Å². The van der Waals surface area contributed by atoms with E-state index in [0.29, 0.717) is 5.82 Å². The van der Waals surface area contributed by atoms with Crippen molar-refractivity contribution >= 4 is 17.2 Å². The predicted octanol–water partition coefficient (Wildman–Crippen LogP) is 2.19. The highest BCUT2D eigenvalue weighted by Gasteiger charge is 2.27. The number of nitrogens with zero attached hydrogens (tertiary/aromatic N) is 2. The summed E-state index contributed by atoms with van der Waals surface area (Å²) in [5.74, 6) is -0.175. The van der Waals surface area contributed by atoms with Crippen molar-refractivity contribution in [3.05, 3.63) is 53.6 Å². The van der Waals surface area contributed by atoms with E-state index in [1.54, 1.807) is 25.1 Å². The zero-order valence-corrected chi connectivity index (χ0v) is 15.9. The molecular formula is C20H21FN6O2. The Bertz CT molecular complexity index is 1020. The largest absolute Gasteiger partial charge is 0.416 e. The highest BCUT2D eigenvalue weighted by molar-refractivity contribution is 6.21. The van der Waals surface area contributed by atoms with E-state index in [0.717, 1.165) is 31.6 Å². The summed E-state index contributed by atoms with van der Waals surface area (Å²) >= 11 is 0. The number of rotatable bonds is 4. The second-order valence-electron chi connectivity index (χ2n) is 7.01. The van der Waals surface area contributed by atoms with Crippen LogP contribution in [-0.2, 0) is 4.79 Å². The minimum absolute atomic E-state index is 0.00806. The van der Waals surface area contributed by atoms with Gasteiger partial charge in [-0.25, -0.2) is 4.39 Å². The third kappa shape index (κ3) is 3.95. The fourth-order valence-corrected chi connectivity index (χ4v) is 3.51. The maximum Gasteiger partial charge on any atom is 0.253 e. The van der Waals surface area contributed by atoms with Gasteiger partial charge in [0, 0.05) is 23.4 Å². The summed E-state index contributed by atoms with van der Waals surface area (Å²) in [6.07, 6.45) is 3.38. The molecule has 0 saturated carbocycles. The number of amides is 1. The van der Waals surface area contributed by atoms with Gasteiger partial charge in [0.2, 0.25) is 0 Å². The SMILES string of the molecule is CC(=N)/C(=C1/NC(=O)C=C(C2CCNCC2)N1)c1nnc(-c2ccccc2F)o1. The molecule has 1 fully saturated rings. The van der Waals surface area contributed by atoms with Gasteiger partial charge >= 0.3 is 0 Å². The molecule has 8 nitrogen and oxygen atoms in total. The van der Waals surface area contributed by atoms with Gasteiger partial charge in [0.05, 0.1) is 5.56 Å². The van der Waals surface area contributed by atoms with Crippen molar-refractivity contribution in [2.24, 2.45) is 5.92 Å². The monoisotopic (exact) mass is 396 g/mol. The quantitative estimate of drug-likeness (QED) is 0.589. The number of carbonyl (C=O) groups excluding carboxylic acids is 1. The lowest BCUT2D eigenvalue weighted by Crippen LogP contribution is -2.41. The lowest BCUT2D eigenvalue weighted by molar-refractivity contribution is -0.116. The first-order valence-corrected chi connectivity index (χ1v) is 9.42. The zero-order valence-electron chi connectivity index (χ0n) is 15.9. The molecule has 0 spiro atoms. The summed E-state index contributed by atoms with van der Waals surface area (Å²) in [6.45, 7) is 3.33. The first kappa shape index (κ1) is 19.0. The molecule has 150 valence electrons. The number of halogens is 1. The fraction of sp³-hybridized carbons (Fsp3) is 0.300. The molecule has 1 saturated heterocycles. The summed E-state index contributed by atoms with van der Waals surface area (Å²) in [5, 5.41) is 25.3. The van der Waals surface area contributed by atoms with Crippen LogP contribution >= 0.6 is 0 Å². The summed E-state index contributed by atoms with van der Waals surface area (Å²) < 4.78 is 19.7. The van der Waals surface area contributed by atoms with Gasteiger partial charge in [-0.1, -0.05) is 12.1 Å². The molecule has 1 aromatic heterocycles. The summed E-state index contributed by atoms with van der Waals surface area (Å²) in [7, 11) is 0. The van der Waals surface area contributed by atoms with Crippen molar-refractivity contribution in [2.75, 3.05) is 13.1 Å². The second kappa shape index (κ2) is 7.96. The van der Waals surface area contributed by atoms with E-state index in [-0.39, 0.29) is 40.5 Å². The third-order valence-corrected chi connectivity index (χ3v) is 4.95. The number of carbonyl (C=O) groups is 1. The van der Waals surface area contributed by atoms with Crippen molar-refractivity contribution in [1.29, 1.82) is 5.41 Å². The van der Waals surface area contributed by atoms with Crippen molar-refractivity contribution < 1.29 is 13.6 Å². The molecule has 4 rings (SSSR count). The Morgan fingerprint density at radius 2 is 1.97 bits per heavy atom. The van der Waals surface area contributed by atoms with Crippen molar-refractivity contribution in [1.82, 2.24) is 26.1 Å². The topological polar surface area (TPSA) is 116 Å². The number of hydrogen-bond acceptors (Lipinski definition) is 7. The van der Waals surface area contributed by atoms with Crippen molar-refractivity contribution in [3.8, 4) is 11.5 Å². The van der Waals surface area contributed by atoms with E-state index in [4.69, 9.17) is 9.83 Å². The first-order chi connectivity index (χ1) is 14.0. The molecule has 1 aromatic carbocycles. The van der Waals surface area contributed by atoms with E-state index in [1.165, 1.54) is 12.1 Å². The summed E-state index contributed by atoms with van der Waals surface area (Å²) in [5.41, 5.74) is 1.38. The van der Waals surface area contributed by atoms with Crippen LogP contribution in [0, 0.1) is 17.1 Å². The Labute approximate surface area is 166 Å². The standard InChI is InChI=1S/C20H21FN6O2/c1-11(22)17(20-27-26-19(29-20)13-4-2-3-5-14(13)21)18-24-15(10-16(28)25-18)12-6-8-23-9-7-12/h2-5,10,12,22-24H,6-9H2,1H3,(H,25,28)/b18-17-,22-11?. The Balaban J connectivity index is 1.70. The van der Waals surface area contributed by atoms with Crippen LogP contribution in [0.3, 0.4) is 0 Å². The molecule has 2 aliphatic rings. The number of piperidine rings is 1. The fourth-order valence-electron chi connectivity index (χ4n) is 3.51. The van der Waals surface area contributed by atoms with Crippen LogP contribution in [-0.4, -0.2) is 34.9 Å². The molecule has 2 aromatic rings. The van der Waals surface area contributed by atoms with Gasteiger partial charge in [-0.3, -0.25) is 4.79 Å². The van der Waals surface area contributed by atoms with E-state index in [1.807, 2.05) is 0 Å². The Kier molecular flexibility index (Phi) is 5.22. The van der Waals surface area contributed by atoms with Gasteiger partial charge in [0.15, 0.2) is 0 Å². The molecule has 29 heavy (non-hydrogen) atoms. The van der Waals surface area contributed by atoms with Crippen LogP contribution in [0.15, 0.2) is 46.3 Å². The van der Waals surface area contributed by atoms with E-state index in [2.05, 4.69) is 26.1 Å². The Hall–Kier alpha value is -3.33. The lowest BCUT2D eigenvalue weighted by atomic mass is 9.93. The van der Waals surface area contributed by atoms with E-state index >= 15 is 0 Å².